The molecule has 0 aromatic heterocycles. The maximum absolute atomic E-state index is 4.83. The number of methoxy groups -OCH3 is 1. The molecule has 1 radical (unpaired) electrons. The fourth-order valence-electron chi connectivity index (χ4n) is 0.467. The summed E-state index contributed by atoms with van der Waals surface area (Å²) in [5.41, 5.74) is 0. The summed E-state index contributed by atoms with van der Waals surface area (Å²) in [6.07, 6.45) is 1.08. The molecular formula is C6H14NO. The zero-order valence-corrected chi connectivity index (χ0v) is 5.44. The number of rotatable bonds is 5. The Morgan fingerprint density at radius 2 is 2.38 bits per heavy atom. The normalized spacial score (nSPS) is 9.75. The summed E-state index contributed by atoms with van der Waals surface area (Å²) < 4.78 is 4.83. The molecule has 0 saturated carbocycles. The van der Waals surface area contributed by atoms with Gasteiger partial charge in [0.2, 0.25) is 0 Å². The van der Waals surface area contributed by atoms with E-state index in [-0.39, 0.29) is 0 Å². The number of hydrogen-bond donors (Lipinski definition) is 1. The molecule has 0 heterocycles. The van der Waals surface area contributed by atoms with E-state index in [1.165, 1.54) is 0 Å². The van der Waals surface area contributed by atoms with Crippen LogP contribution in [0.4, 0.5) is 0 Å². The van der Waals surface area contributed by atoms with E-state index in [4.69, 9.17) is 4.74 Å². The Bertz CT molecular complexity index is 33.5. The van der Waals surface area contributed by atoms with E-state index < -0.39 is 0 Å². The van der Waals surface area contributed by atoms with E-state index in [0.717, 1.165) is 26.1 Å². The maximum atomic E-state index is 4.83. The van der Waals surface area contributed by atoms with Crippen molar-refractivity contribution in [3.63, 3.8) is 0 Å². The van der Waals surface area contributed by atoms with Crippen molar-refractivity contribution in [2.45, 2.75) is 6.42 Å². The van der Waals surface area contributed by atoms with Gasteiger partial charge < -0.3 is 10.1 Å². The van der Waals surface area contributed by atoms with Gasteiger partial charge in [-0.3, -0.25) is 0 Å². The van der Waals surface area contributed by atoms with Crippen LogP contribution in [0.3, 0.4) is 0 Å². The molecule has 2 heteroatoms. The lowest BCUT2D eigenvalue weighted by Crippen LogP contribution is -2.15. The molecule has 0 atom stereocenters. The van der Waals surface area contributed by atoms with Crippen molar-refractivity contribution in [2.24, 2.45) is 0 Å². The largest absolute Gasteiger partial charge is 0.385 e. The summed E-state index contributed by atoms with van der Waals surface area (Å²) in [6.45, 7) is 6.29. The van der Waals surface area contributed by atoms with Gasteiger partial charge in [0.25, 0.3) is 0 Å². The third kappa shape index (κ3) is 5.92. The van der Waals surface area contributed by atoms with E-state index in [0.29, 0.717) is 0 Å². The van der Waals surface area contributed by atoms with Gasteiger partial charge in [-0.1, -0.05) is 0 Å². The highest BCUT2D eigenvalue weighted by atomic mass is 16.5. The van der Waals surface area contributed by atoms with Crippen LogP contribution in [0.2, 0.25) is 0 Å². The number of hydrogen-bond acceptors (Lipinski definition) is 2. The van der Waals surface area contributed by atoms with E-state index in [1.54, 1.807) is 7.11 Å². The predicted molar refractivity (Wildman–Crippen MR) is 34.7 cm³/mol. The van der Waals surface area contributed by atoms with Crippen LogP contribution in [0.1, 0.15) is 6.42 Å². The Morgan fingerprint density at radius 1 is 1.62 bits per heavy atom. The first kappa shape index (κ1) is 7.92. The molecule has 1 N–H and O–H groups in total. The van der Waals surface area contributed by atoms with E-state index in [2.05, 4.69) is 12.2 Å². The maximum Gasteiger partial charge on any atom is 0.0474 e. The molecule has 0 aromatic rings. The van der Waals surface area contributed by atoms with Crippen LogP contribution in [0, 0.1) is 6.92 Å². The number of ether oxygens (including phenoxy) is 1. The van der Waals surface area contributed by atoms with E-state index >= 15 is 0 Å². The molecule has 0 unspecified atom stereocenters. The Balaban J connectivity index is 2.53. The molecule has 0 spiro atoms. The van der Waals surface area contributed by atoms with Crippen LogP contribution in [-0.2, 0) is 4.74 Å². The standard InChI is InChI=1S/C6H14NO/c1-3-7-5-4-6-8-2/h7H,1,3-6H2,2H3. The quantitative estimate of drug-likeness (QED) is 0.526. The molecule has 0 aromatic carbocycles. The van der Waals surface area contributed by atoms with E-state index in [9.17, 15) is 0 Å². The first-order chi connectivity index (χ1) is 3.91. The van der Waals surface area contributed by atoms with Gasteiger partial charge in [0.1, 0.15) is 0 Å². The minimum absolute atomic E-state index is 0.809. The highest BCUT2D eigenvalue weighted by molar-refractivity contribution is 4.46. The van der Waals surface area contributed by atoms with Gasteiger partial charge in [-0.2, -0.15) is 0 Å². The van der Waals surface area contributed by atoms with Crippen molar-refractivity contribution < 1.29 is 4.74 Å². The molecule has 2 nitrogen and oxygen atoms in total. The summed E-state index contributed by atoms with van der Waals surface area (Å²) in [7, 11) is 1.71. The molecule has 0 aliphatic heterocycles. The molecule has 0 saturated heterocycles. The van der Waals surface area contributed by atoms with Crippen LogP contribution >= 0.6 is 0 Å². The Labute approximate surface area is 51.2 Å². The first-order valence-electron chi connectivity index (χ1n) is 2.90. The summed E-state index contributed by atoms with van der Waals surface area (Å²) in [4.78, 5) is 0. The molecule has 0 fully saturated rings. The molecule has 0 aliphatic rings. The average molecular weight is 116 g/mol. The van der Waals surface area contributed by atoms with Gasteiger partial charge in [-0.25, -0.2) is 0 Å². The zero-order chi connectivity index (χ0) is 6.24. The van der Waals surface area contributed by atoms with Crippen LogP contribution < -0.4 is 5.32 Å². The number of nitrogens with one attached hydrogen (secondary N) is 1. The van der Waals surface area contributed by atoms with Crippen molar-refractivity contribution in [2.75, 3.05) is 26.8 Å². The van der Waals surface area contributed by atoms with E-state index in [1.807, 2.05) is 0 Å². The summed E-state index contributed by atoms with van der Waals surface area (Å²) in [5.74, 6) is 0. The summed E-state index contributed by atoms with van der Waals surface area (Å²) in [5, 5.41) is 3.09. The van der Waals surface area contributed by atoms with Crippen molar-refractivity contribution in [1.82, 2.24) is 5.32 Å². The third-order valence-corrected chi connectivity index (χ3v) is 0.879. The second-order valence-corrected chi connectivity index (χ2v) is 1.60. The molecule has 0 rings (SSSR count). The van der Waals surface area contributed by atoms with Gasteiger partial charge in [-0.05, 0) is 26.4 Å². The lowest BCUT2D eigenvalue weighted by molar-refractivity contribution is 0.194. The van der Waals surface area contributed by atoms with Crippen LogP contribution in [0.5, 0.6) is 0 Å². The second-order valence-electron chi connectivity index (χ2n) is 1.60. The molecule has 49 valence electrons. The van der Waals surface area contributed by atoms with Gasteiger partial charge in [-0.15, -0.1) is 0 Å². The molecular weight excluding hydrogens is 102 g/mol. The lowest BCUT2D eigenvalue weighted by atomic mass is 10.4. The van der Waals surface area contributed by atoms with Crippen molar-refractivity contribution in [3.8, 4) is 0 Å². The summed E-state index contributed by atoms with van der Waals surface area (Å²) in [6, 6.07) is 0. The Hall–Kier alpha value is -0.0800. The second kappa shape index (κ2) is 6.92. The van der Waals surface area contributed by atoms with Crippen LogP contribution in [0.15, 0.2) is 0 Å². The fraction of sp³-hybridized carbons (Fsp3) is 0.833. The van der Waals surface area contributed by atoms with Crippen molar-refractivity contribution in [1.29, 1.82) is 0 Å². The van der Waals surface area contributed by atoms with Crippen molar-refractivity contribution in [3.05, 3.63) is 6.92 Å². The smallest absolute Gasteiger partial charge is 0.0474 e. The zero-order valence-electron chi connectivity index (χ0n) is 5.44. The minimum atomic E-state index is 0.809. The monoisotopic (exact) mass is 116 g/mol. The SMILES string of the molecule is [CH2]CNCCCOC. The highest BCUT2D eigenvalue weighted by Crippen LogP contribution is 1.74. The minimum Gasteiger partial charge on any atom is -0.385 e. The molecule has 0 aliphatic carbocycles. The van der Waals surface area contributed by atoms with Gasteiger partial charge >= 0.3 is 0 Å². The van der Waals surface area contributed by atoms with Gasteiger partial charge in [0.05, 0.1) is 0 Å². The van der Waals surface area contributed by atoms with Crippen LogP contribution in [0.25, 0.3) is 0 Å². The van der Waals surface area contributed by atoms with Crippen molar-refractivity contribution >= 4 is 0 Å². The molecule has 8 heavy (non-hydrogen) atoms. The average Bonchev–Trinajstić information content (AvgIpc) is 1.81. The molecule has 0 bridgehead atoms. The summed E-state index contributed by atoms with van der Waals surface area (Å²) >= 11 is 0. The third-order valence-electron chi connectivity index (χ3n) is 0.879. The lowest BCUT2D eigenvalue weighted by Gasteiger charge is -1.98. The Kier molecular flexibility index (Phi) is 6.85. The predicted octanol–water partition coefficient (Wildman–Crippen LogP) is 0.447. The first-order valence-corrected chi connectivity index (χ1v) is 2.90. The van der Waals surface area contributed by atoms with Gasteiger partial charge in [0.15, 0.2) is 0 Å². The fourth-order valence-corrected chi connectivity index (χ4v) is 0.467. The van der Waals surface area contributed by atoms with Crippen LogP contribution in [-0.4, -0.2) is 26.8 Å². The highest BCUT2D eigenvalue weighted by Gasteiger charge is 1.81. The molecule has 0 amide bonds. The Morgan fingerprint density at radius 3 is 2.88 bits per heavy atom. The topological polar surface area (TPSA) is 21.3 Å². The van der Waals surface area contributed by atoms with Gasteiger partial charge in [0, 0.05) is 13.7 Å².